The molecule has 0 spiro atoms. The van der Waals surface area contributed by atoms with Gasteiger partial charge in [0.1, 0.15) is 0 Å². The predicted molar refractivity (Wildman–Crippen MR) is 64.3 cm³/mol. The van der Waals surface area contributed by atoms with Crippen LogP contribution in [0.4, 0.5) is 0 Å². The molecule has 96 valence electrons. The van der Waals surface area contributed by atoms with Gasteiger partial charge in [-0.05, 0) is 12.8 Å². The lowest BCUT2D eigenvalue weighted by molar-refractivity contribution is -0.137. The minimum Gasteiger partial charge on any atom is -0.481 e. The van der Waals surface area contributed by atoms with Crippen LogP contribution < -0.4 is 5.73 Å². The van der Waals surface area contributed by atoms with Crippen LogP contribution in [0.3, 0.4) is 0 Å². The van der Waals surface area contributed by atoms with Crippen LogP contribution in [0, 0.1) is 0 Å². The van der Waals surface area contributed by atoms with E-state index in [4.69, 9.17) is 15.9 Å². The Bertz CT molecular complexity index is 174. The number of carboxylic acid groups (broad SMARTS) is 1. The lowest BCUT2D eigenvalue weighted by atomic mass is 10.0. The number of rotatable bonds is 11. The molecule has 0 fully saturated rings. The molecule has 0 aliphatic carbocycles. The second kappa shape index (κ2) is 10.9. The van der Waals surface area contributed by atoms with Gasteiger partial charge in [-0.1, -0.05) is 38.5 Å². The summed E-state index contributed by atoms with van der Waals surface area (Å²) < 4.78 is 0. The lowest BCUT2D eigenvalue weighted by Crippen LogP contribution is -2.23. The number of carbonyl (C=O) groups is 1. The molecule has 1 atom stereocenters. The maximum atomic E-state index is 10.3. The molecule has 1 unspecified atom stereocenters. The van der Waals surface area contributed by atoms with Crippen molar-refractivity contribution in [2.45, 2.75) is 63.8 Å². The minimum absolute atomic E-state index is 0.0799. The van der Waals surface area contributed by atoms with Gasteiger partial charge in [-0.15, -0.1) is 0 Å². The lowest BCUT2D eigenvalue weighted by Gasteiger charge is -2.08. The maximum Gasteiger partial charge on any atom is 0.304 e. The Balaban J connectivity index is 3.11. The fourth-order valence-electron chi connectivity index (χ4n) is 1.73. The van der Waals surface area contributed by atoms with E-state index in [1.807, 2.05) is 0 Å². The van der Waals surface area contributed by atoms with Gasteiger partial charge < -0.3 is 15.9 Å². The minimum atomic E-state index is -0.809. The molecule has 0 saturated heterocycles. The van der Waals surface area contributed by atoms with Crippen molar-refractivity contribution in [3.63, 3.8) is 0 Å². The van der Waals surface area contributed by atoms with E-state index in [1.54, 1.807) is 0 Å². The van der Waals surface area contributed by atoms with Gasteiger partial charge in [0, 0.05) is 12.6 Å². The summed E-state index contributed by atoms with van der Waals surface area (Å²) in [4.78, 5) is 10.3. The zero-order valence-corrected chi connectivity index (χ0v) is 10.0. The number of aliphatic carboxylic acids is 1. The Hall–Kier alpha value is -0.610. The molecule has 0 amide bonds. The number of aliphatic hydroxyl groups excluding tert-OH is 1. The van der Waals surface area contributed by atoms with Crippen molar-refractivity contribution < 1.29 is 15.0 Å². The van der Waals surface area contributed by atoms with Gasteiger partial charge in [-0.2, -0.15) is 0 Å². The third-order valence-corrected chi connectivity index (χ3v) is 2.67. The van der Waals surface area contributed by atoms with E-state index in [0.29, 0.717) is 6.61 Å². The first-order valence-electron chi connectivity index (χ1n) is 6.25. The molecule has 0 aromatic heterocycles. The van der Waals surface area contributed by atoms with Crippen molar-refractivity contribution in [3.8, 4) is 0 Å². The van der Waals surface area contributed by atoms with Crippen LogP contribution in [-0.4, -0.2) is 28.8 Å². The smallest absolute Gasteiger partial charge is 0.304 e. The zero-order chi connectivity index (χ0) is 12.2. The first-order chi connectivity index (χ1) is 7.66. The molecule has 0 rings (SSSR count). The van der Waals surface area contributed by atoms with E-state index in [-0.39, 0.29) is 12.5 Å². The van der Waals surface area contributed by atoms with Crippen LogP contribution in [0.1, 0.15) is 57.8 Å². The van der Waals surface area contributed by atoms with Crippen LogP contribution in [-0.2, 0) is 4.79 Å². The molecular weight excluding hydrogens is 206 g/mol. The number of unbranched alkanes of at least 4 members (excludes halogenated alkanes) is 6. The molecule has 4 nitrogen and oxygen atoms in total. The highest BCUT2D eigenvalue weighted by molar-refractivity contribution is 5.67. The molecule has 4 N–H and O–H groups in total. The fraction of sp³-hybridized carbons (Fsp3) is 0.917. The van der Waals surface area contributed by atoms with Crippen LogP contribution in [0.5, 0.6) is 0 Å². The van der Waals surface area contributed by atoms with E-state index in [1.165, 1.54) is 19.3 Å². The third kappa shape index (κ3) is 11.5. The highest BCUT2D eigenvalue weighted by Crippen LogP contribution is 2.10. The van der Waals surface area contributed by atoms with E-state index in [0.717, 1.165) is 32.1 Å². The highest BCUT2D eigenvalue weighted by atomic mass is 16.4. The summed E-state index contributed by atoms with van der Waals surface area (Å²) >= 11 is 0. The zero-order valence-electron chi connectivity index (χ0n) is 10.0. The normalized spacial score (nSPS) is 12.6. The van der Waals surface area contributed by atoms with Gasteiger partial charge in [-0.25, -0.2) is 0 Å². The van der Waals surface area contributed by atoms with Crippen LogP contribution in [0.25, 0.3) is 0 Å². The number of nitrogens with two attached hydrogens (primary N) is 1. The molecule has 4 heteroatoms. The Morgan fingerprint density at radius 3 is 2.00 bits per heavy atom. The summed E-state index contributed by atoms with van der Waals surface area (Å²) in [6.45, 7) is 0.296. The summed E-state index contributed by atoms with van der Waals surface area (Å²) in [5, 5.41) is 17.1. The van der Waals surface area contributed by atoms with E-state index >= 15 is 0 Å². The first-order valence-corrected chi connectivity index (χ1v) is 6.25. The van der Waals surface area contributed by atoms with Gasteiger partial charge in [-0.3, -0.25) is 4.79 Å². The topological polar surface area (TPSA) is 83.5 Å². The van der Waals surface area contributed by atoms with Crippen LogP contribution in [0.2, 0.25) is 0 Å². The van der Waals surface area contributed by atoms with Crippen LogP contribution >= 0.6 is 0 Å². The predicted octanol–water partition coefficient (Wildman–Crippen LogP) is 1.90. The summed E-state index contributed by atoms with van der Waals surface area (Å²) in [7, 11) is 0. The van der Waals surface area contributed by atoms with Crippen molar-refractivity contribution in [3.05, 3.63) is 0 Å². The molecule has 0 bridgehead atoms. The van der Waals surface area contributed by atoms with Gasteiger partial charge in [0.15, 0.2) is 0 Å². The Morgan fingerprint density at radius 1 is 1.00 bits per heavy atom. The molecular formula is C12H25NO3. The molecule has 0 aromatic carbocycles. The Kier molecular flexibility index (Phi) is 10.5. The van der Waals surface area contributed by atoms with Crippen molar-refractivity contribution in [2.75, 3.05) is 6.61 Å². The van der Waals surface area contributed by atoms with Gasteiger partial charge in [0.25, 0.3) is 0 Å². The van der Waals surface area contributed by atoms with E-state index < -0.39 is 5.97 Å². The number of hydrogen-bond acceptors (Lipinski definition) is 3. The van der Waals surface area contributed by atoms with Crippen molar-refractivity contribution >= 4 is 5.97 Å². The molecule has 0 aromatic rings. The molecule has 0 saturated carbocycles. The van der Waals surface area contributed by atoms with E-state index in [2.05, 4.69) is 0 Å². The van der Waals surface area contributed by atoms with E-state index in [9.17, 15) is 4.79 Å². The monoisotopic (exact) mass is 231 g/mol. The summed E-state index contributed by atoms with van der Waals surface area (Å²) in [6.07, 6.45) is 8.62. The fourth-order valence-corrected chi connectivity index (χ4v) is 1.73. The van der Waals surface area contributed by atoms with Crippen molar-refractivity contribution in [2.24, 2.45) is 5.73 Å². The van der Waals surface area contributed by atoms with Crippen LogP contribution in [0.15, 0.2) is 0 Å². The second-order valence-corrected chi connectivity index (χ2v) is 4.35. The van der Waals surface area contributed by atoms with Crippen molar-refractivity contribution in [1.82, 2.24) is 0 Å². The van der Waals surface area contributed by atoms with Crippen molar-refractivity contribution in [1.29, 1.82) is 0 Å². The molecule has 0 radical (unpaired) electrons. The first kappa shape index (κ1) is 15.4. The average molecular weight is 231 g/mol. The van der Waals surface area contributed by atoms with Gasteiger partial charge >= 0.3 is 5.97 Å². The molecule has 0 aliphatic heterocycles. The summed E-state index contributed by atoms with van der Waals surface area (Å²) in [5.41, 5.74) is 5.65. The number of hydrogen-bond donors (Lipinski definition) is 3. The number of carboxylic acids is 1. The van der Waals surface area contributed by atoms with Gasteiger partial charge in [0.2, 0.25) is 0 Å². The highest BCUT2D eigenvalue weighted by Gasteiger charge is 2.06. The standard InChI is InChI=1S/C12H25NO3/c13-11(10-12(15)16)8-6-4-2-1-3-5-7-9-14/h11,14H,1-10,13H2,(H,15,16). The maximum absolute atomic E-state index is 10.3. The summed E-state index contributed by atoms with van der Waals surface area (Å²) in [6, 6.07) is -0.188. The quantitative estimate of drug-likeness (QED) is 0.474. The van der Waals surface area contributed by atoms with Gasteiger partial charge in [0.05, 0.1) is 6.42 Å². The Labute approximate surface area is 97.8 Å². The largest absolute Gasteiger partial charge is 0.481 e. The molecule has 16 heavy (non-hydrogen) atoms. The molecule has 0 heterocycles. The Morgan fingerprint density at radius 2 is 1.50 bits per heavy atom. The summed E-state index contributed by atoms with van der Waals surface area (Å²) in [5.74, 6) is -0.809. The third-order valence-electron chi connectivity index (χ3n) is 2.67. The molecule has 0 aliphatic rings. The SMILES string of the molecule is NC(CCCCCCCCCO)CC(=O)O. The second-order valence-electron chi connectivity index (χ2n) is 4.35. The average Bonchev–Trinajstić information content (AvgIpc) is 2.21. The number of aliphatic hydroxyl groups is 1.